The van der Waals surface area contributed by atoms with Crippen molar-refractivity contribution in [1.82, 2.24) is 9.97 Å². The molecule has 8 nitrogen and oxygen atoms in total. The summed E-state index contributed by atoms with van der Waals surface area (Å²) in [5, 5.41) is 3.16. The molecule has 8 heteroatoms. The molecule has 0 radical (unpaired) electrons. The highest BCUT2D eigenvalue weighted by Gasteiger charge is 2.18. The second-order valence-corrected chi connectivity index (χ2v) is 5.48. The van der Waals surface area contributed by atoms with Crippen LogP contribution in [0.15, 0.2) is 30.6 Å². The third-order valence-corrected chi connectivity index (χ3v) is 3.83. The highest BCUT2D eigenvalue weighted by molar-refractivity contribution is 5.90. The predicted octanol–water partition coefficient (Wildman–Crippen LogP) is 1.82. The number of nitrogens with two attached hydrogens (primary N) is 1. The van der Waals surface area contributed by atoms with Crippen molar-refractivity contribution in [3.05, 3.63) is 36.2 Å². The van der Waals surface area contributed by atoms with E-state index in [9.17, 15) is 4.79 Å². The lowest BCUT2D eigenvalue weighted by molar-refractivity contribution is 0.0526. The minimum absolute atomic E-state index is 0.342. The average molecular weight is 343 g/mol. The predicted molar refractivity (Wildman–Crippen MR) is 95.2 cm³/mol. The van der Waals surface area contributed by atoms with Crippen LogP contribution in [0.5, 0.6) is 0 Å². The maximum atomic E-state index is 11.7. The molecule has 0 aliphatic carbocycles. The summed E-state index contributed by atoms with van der Waals surface area (Å²) in [5.41, 5.74) is 7.99. The van der Waals surface area contributed by atoms with Crippen molar-refractivity contribution in [3.8, 4) is 0 Å². The maximum Gasteiger partial charge on any atom is 0.338 e. The van der Waals surface area contributed by atoms with E-state index in [0.29, 0.717) is 42.7 Å². The van der Waals surface area contributed by atoms with Gasteiger partial charge < -0.3 is 25.4 Å². The Kier molecular flexibility index (Phi) is 5.30. The van der Waals surface area contributed by atoms with Crippen LogP contribution in [0.2, 0.25) is 0 Å². The largest absolute Gasteiger partial charge is 0.462 e. The molecule has 3 N–H and O–H groups in total. The first-order chi connectivity index (χ1) is 12.2. The third kappa shape index (κ3) is 3.97. The van der Waals surface area contributed by atoms with E-state index in [4.69, 9.17) is 15.2 Å². The van der Waals surface area contributed by atoms with Crippen LogP contribution in [0.4, 0.5) is 23.0 Å². The van der Waals surface area contributed by atoms with Crippen LogP contribution in [-0.2, 0) is 9.47 Å². The summed E-state index contributed by atoms with van der Waals surface area (Å²) >= 11 is 0. The summed E-state index contributed by atoms with van der Waals surface area (Å²) in [7, 11) is 0. The van der Waals surface area contributed by atoms with Gasteiger partial charge in [-0.2, -0.15) is 0 Å². The van der Waals surface area contributed by atoms with E-state index < -0.39 is 0 Å². The standard InChI is InChI=1S/C17H21N5O3/c1-2-25-17(23)12-3-5-13(6-4-12)21-15-14(18)16(20-11-19-15)22-7-9-24-10-8-22/h3-6,11H,2,7-10,18H2,1H3,(H,19,20,21). The van der Waals surface area contributed by atoms with Crippen LogP contribution in [0.3, 0.4) is 0 Å². The molecule has 2 heterocycles. The Hall–Kier alpha value is -2.87. The zero-order valence-electron chi connectivity index (χ0n) is 14.1. The van der Waals surface area contributed by atoms with Gasteiger partial charge in [0.2, 0.25) is 0 Å². The molecule has 1 saturated heterocycles. The van der Waals surface area contributed by atoms with Crippen molar-refractivity contribution in [3.63, 3.8) is 0 Å². The number of hydrogen-bond acceptors (Lipinski definition) is 8. The molecule has 0 amide bonds. The van der Waals surface area contributed by atoms with Gasteiger partial charge in [-0.1, -0.05) is 0 Å². The molecular weight excluding hydrogens is 322 g/mol. The Labute approximate surface area is 146 Å². The van der Waals surface area contributed by atoms with Crippen molar-refractivity contribution in [2.24, 2.45) is 0 Å². The van der Waals surface area contributed by atoms with Gasteiger partial charge in [0, 0.05) is 18.8 Å². The summed E-state index contributed by atoms with van der Waals surface area (Å²) in [6.07, 6.45) is 1.48. The molecule has 2 aromatic rings. The molecular formula is C17H21N5O3. The lowest BCUT2D eigenvalue weighted by atomic mass is 10.2. The second kappa shape index (κ2) is 7.80. The highest BCUT2D eigenvalue weighted by Crippen LogP contribution is 2.29. The zero-order valence-corrected chi connectivity index (χ0v) is 14.1. The van der Waals surface area contributed by atoms with E-state index in [0.717, 1.165) is 18.8 Å². The van der Waals surface area contributed by atoms with Gasteiger partial charge in [-0.25, -0.2) is 14.8 Å². The number of ether oxygens (including phenoxy) is 2. The molecule has 1 fully saturated rings. The van der Waals surface area contributed by atoms with Crippen LogP contribution in [0.25, 0.3) is 0 Å². The number of carbonyl (C=O) groups excluding carboxylic acids is 1. The van der Waals surface area contributed by atoms with Crippen molar-refractivity contribution in [2.45, 2.75) is 6.92 Å². The maximum absolute atomic E-state index is 11.7. The Morgan fingerprint density at radius 1 is 1.28 bits per heavy atom. The average Bonchev–Trinajstić information content (AvgIpc) is 2.65. The van der Waals surface area contributed by atoms with Crippen LogP contribution in [0, 0.1) is 0 Å². The van der Waals surface area contributed by atoms with Gasteiger partial charge in [0.05, 0.1) is 25.4 Å². The summed E-state index contributed by atoms with van der Waals surface area (Å²) in [4.78, 5) is 22.3. The van der Waals surface area contributed by atoms with Crippen LogP contribution >= 0.6 is 0 Å². The number of anilines is 4. The molecule has 132 valence electrons. The van der Waals surface area contributed by atoms with Crippen LogP contribution < -0.4 is 16.0 Å². The van der Waals surface area contributed by atoms with Gasteiger partial charge in [0.1, 0.15) is 12.0 Å². The van der Waals surface area contributed by atoms with Crippen LogP contribution in [-0.4, -0.2) is 48.8 Å². The molecule has 0 bridgehead atoms. The molecule has 1 aliphatic heterocycles. The fraction of sp³-hybridized carbons (Fsp3) is 0.353. The summed E-state index contributed by atoms with van der Waals surface area (Å²) in [6.45, 7) is 4.92. The molecule has 0 saturated carbocycles. The van der Waals surface area contributed by atoms with Gasteiger partial charge in [-0.15, -0.1) is 0 Å². The lowest BCUT2D eigenvalue weighted by Gasteiger charge is -2.28. The van der Waals surface area contributed by atoms with Crippen molar-refractivity contribution in [2.75, 3.05) is 48.9 Å². The number of hydrogen-bond donors (Lipinski definition) is 2. The summed E-state index contributed by atoms with van der Waals surface area (Å²) < 4.78 is 10.3. The normalized spacial score (nSPS) is 14.2. The molecule has 1 aliphatic rings. The van der Waals surface area contributed by atoms with E-state index in [1.54, 1.807) is 31.2 Å². The number of benzene rings is 1. The van der Waals surface area contributed by atoms with Crippen molar-refractivity contribution in [1.29, 1.82) is 0 Å². The van der Waals surface area contributed by atoms with E-state index in [1.165, 1.54) is 6.33 Å². The number of aromatic nitrogens is 2. The molecule has 0 atom stereocenters. The molecule has 25 heavy (non-hydrogen) atoms. The fourth-order valence-corrected chi connectivity index (χ4v) is 2.55. The fourth-order valence-electron chi connectivity index (χ4n) is 2.55. The van der Waals surface area contributed by atoms with Gasteiger partial charge in [0.25, 0.3) is 0 Å². The number of nitrogens with zero attached hydrogens (tertiary/aromatic N) is 3. The summed E-state index contributed by atoms with van der Waals surface area (Å²) in [5.74, 6) is 0.884. The Bertz CT molecular complexity index is 730. The smallest absolute Gasteiger partial charge is 0.338 e. The SMILES string of the molecule is CCOC(=O)c1ccc(Nc2ncnc(N3CCOCC3)c2N)cc1. The monoisotopic (exact) mass is 343 g/mol. The van der Waals surface area contributed by atoms with Gasteiger partial charge in [-0.05, 0) is 31.2 Å². The summed E-state index contributed by atoms with van der Waals surface area (Å²) in [6, 6.07) is 6.95. The third-order valence-electron chi connectivity index (χ3n) is 3.83. The van der Waals surface area contributed by atoms with Crippen molar-refractivity contribution < 1.29 is 14.3 Å². The number of esters is 1. The second-order valence-electron chi connectivity index (χ2n) is 5.48. The van der Waals surface area contributed by atoms with Crippen molar-refractivity contribution >= 4 is 29.0 Å². The minimum Gasteiger partial charge on any atom is -0.462 e. The number of rotatable bonds is 5. The minimum atomic E-state index is -0.342. The molecule has 1 aromatic heterocycles. The molecule has 3 rings (SSSR count). The van der Waals surface area contributed by atoms with E-state index >= 15 is 0 Å². The number of morpholine rings is 1. The quantitative estimate of drug-likeness (QED) is 0.793. The van der Waals surface area contributed by atoms with Gasteiger partial charge >= 0.3 is 5.97 Å². The first-order valence-corrected chi connectivity index (χ1v) is 8.16. The number of carbonyl (C=O) groups is 1. The Morgan fingerprint density at radius 2 is 2.00 bits per heavy atom. The van der Waals surface area contributed by atoms with Gasteiger partial charge in [0.15, 0.2) is 11.6 Å². The Morgan fingerprint density at radius 3 is 2.68 bits per heavy atom. The molecule has 1 aromatic carbocycles. The van der Waals surface area contributed by atoms with E-state index in [1.807, 2.05) is 0 Å². The van der Waals surface area contributed by atoms with E-state index in [-0.39, 0.29) is 5.97 Å². The number of nitrogen functional groups attached to an aromatic ring is 1. The van der Waals surface area contributed by atoms with Crippen LogP contribution in [0.1, 0.15) is 17.3 Å². The molecule has 0 unspecified atom stereocenters. The lowest BCUT2D eigenvalue weighted by Crippen LogP contribution is -2.37. The topological polar surface area (TPSA) is 103 Å². The highest BCUT2D eigenvalue weighted by atomic mass is 16.5. The zero-order chi connectivity index (χ0) is 17.6. The first kappa shape index (κ1) is 17.0. The van der Waals surface area contributed by atoms with Gasteiger partial charge in [-0.3, -0.25) is 0 Å². The first-order valence-electron chi connectivity index (χ1n) is 8.16. The molecule has 0 spiro atoms. The Balaban J connectivity index is 1.75. The van der Waals surface area contributed by atoms with E-state index in [2.05, 4.69) is 20.2 Å². The number of nitrogens with one attached hydrogen (secondary N) is 1.